The van der Waals surface area contributed by atoms with Crippen molar-refractivity contribution in [2.75, 3.05) is 13.1 Å². The van der Waals surface area contributed by atoms with Crippen LogP contribution in [0.15, 0.2) is 71.6 Å². The summed E-state index contributed by atoms with van der Waals surface area (Å²) < 4.78 is 57.8. The lowest BCUT2D eigenvalue weighted by molar-refractivity contribution is 0.319. The zero-order valence-electron chi connectivity index (χ0n) is 19.8. The largest absolute Gasteiger partial charge is 0.340 e. The van der Waals surface area contributed by atoms with Gasteiger partial charge < -0.3 is 4.57 Å². The number of hydrogen-bond donors (Lipinski definition) is 0. The van der Waals surface area contributed by atoms with Crippen molar-refractivity contribution < 1.29 is 17.2 Å². The van der Waals surface area contributed by atoms with E-state index >= 15 is 0 Å². The molecule has 0 N–H and O–H groups in total. The number of fused-ring (bicyclic) bond motifs is 1. The molecule has 35 heavy (non-hydrogen) atoms. The van der Waals surface area contributed by atoms with Crippen molar-refractivity contribution in [1.29, 1.82) is 0 Å². The first kappa shape index (κ1) is 23.7. The second kappa shape index (κ2) is 9.21. The van der Waals surface area contributed by atoms with Crippen LogP contribution in [0, 0.1) is 25.5 Å². The third-order valence-corrected chi connectivity index (χ3v) is 9.18. The van der Waals surface area contributed by atoms with Crippen LogP contribution in [0.25, 0.3) is 10.9 Å². The van der Waals surface area contributed by atoms with E-state index in [-0.39, 0.29) is 16.6 Å². The average molecular weight is 495 g/mol. The molecule has 0 amide bonds. The van der Waals surface area contributed by atoms with E-state index in [0.29, 0.717) is 38.0 Å². The maximum atomic E-state index is 13.8. The quantitative estimate of drug-likeness (QED) is 0.334. The number of nitrogens with zero attached hydrogens (tertiary/aromatic N) is 2. The van der Waals surface area contributed by atoms with Crippen LogP contribution in [0.1, 0.15) is 41.1 Å². The molecular weight excluding hydrogens is 466 g/mol. The molecule has 0 aliphatic carbocycles. The Morgan fingerprint density at radius 3 is 2.34 bits per heavy atom. The topological polar surface area (TPSA) is 42.3 Å². The smallest absolute Gasteiger partial charge is 0.243 e. The minimum absolute atomic E-state index is 0.0406. The Kier molecular flexibility index (Phi) is 6.23. The van der Waals surface area contributed by atoms with E-state index in [4.69, 9.17) is 0 Å². The first-order chi connectivity index (χ1) is 16.8. The molecule has 1 aliphatic heterocycles. The molecule has 0 unspecified atom stereocenters. The Balaban J connectivity index is 1.44. The van der Waals surface area contributed by atoms with Crippen LogP contribution in [-0.4, -0.2) is 30.4 Å². The maximum Gasteiger partial charge on any atom is 0.243 e. The molecule has 0 atom stereocenters. The molecule has 2 heterocycles. The number of benzene rings is 3. The molecule has 182 valence electrons. The van der Waals surface area contributed by atoms with E-state index in [0.717, 1.165) is 28.2 Å². The fourth-order valence-corrected chi connectivity index (χ4v) is 7.08. The minimum atomic E-state index is -3.76. The third kappa shape index (κ3) is 4.39. The summed E-state index contributed by atoms with van der Waals surface area (Å²) in [5, 5.41) is 1.16. The Bertz CT molecular complexity index is 1500. The summed E-state index contributed by atoms with van der Waals surface area (Å²) in [6.45, 7) is 5.11. The number of para-hydroxylation sites is 1. The zero-order valence-corrected chi connectivity index (χ0v) is 20.7. The van der Waals surface area contributed by atoms with Crippen molar-refractivity contribution in [3.05, 3.63) is 101 Å². The second-order valence-electron chi connectivity index (χ2n) is 9.32. The molecule has 1 aromatic heterocycles. The number of halogens is 2. The van der Waals surface area contributed by atoms with E-state index in [1.807, 2.05) is 18.2 Å². The monoisotopic (exact) mass is 494 g/mol. The average Bonchev–Trinajstić information content (AvgIpc) is 3.12. The van der Waals surface area contributed by atoms with Crippen molar-refractivity contribution in [3.8, 4) is 0 Å². The van der Waals surface area contributed by atoms with Gasteiger partial charge in [-0.2, -0.15) is 4.31 Å². The van der Waals surface area contributed by atoms with Crippen molar-refractivity contribution in [1.82, 2.24) is 8.87 Å². The van der Waals surface area contributed by atoms with Gasteiger partial charge >= 0.3 is 0 Å². The van der Waals surface area contributed by atoms with Gasteiger partial charge in [0.1, 0.15) is 11.6 Å². The predicted molar refractivity (Wildman–Crippen MR) is 134 cm³/mol. The van der Waals surface area contributed by atoms with Crippen molar-refractivity contribution in [2.24, 2.45) is 0 Å². The summed E-state index contributed by atoms with van der Waals surface area (Å²) in [4.78, 5) is 0.0406. The van der Waals surface area contributed by atoms with Crippen LogP contribution < -0.4 is 0 Å². The van der Waals surface area contributed by atoms with E-state index in [1.54, 1.807) is 19.1 Å². The van der Waals surface area contributed by atoms with Crippen LogP contribution in [0.2, 0.25) is 0 Å². The van der Waals surface area contributed by atoms with Crippen LogP contribution >= 0.6 is 0 Å². The van der Waals surface area contributed by atoms with E-state index in [2.05, 4.69) is 23.6 Å². The Morgan fingerprint density at radius 1 is 0.886 bits per heavy atom. The molecule has 0 spiro atoms. The molecular formula is C28H28F2N2O2S. The summed E-state index contributed by atoms with van der Waals surface area (Å²) in [5.41, 5.74) is 4.89. The van der Waals surface area contributed by atoms with Crippen molar-refractivity contribution >= 4 is 20.9 Å². The highest BCUT2D eigenvalue weighted by Gasteiger charge is 2.33. The van der Waals surface area contributed by atoms with Gasteiger partial charge in [0, 0.05) is 36.2 Å². The maximum absolute atomic E-state index is 13.8. The van der Waals surface area contributed by atoms with Gasteiger partial charge in [-0.1, -0.05) is 36.4 Å². The second-order valence-corrected chi connectivity index (χ2v) is 11.2. The van der Waals surface area contributed by atoms with E-state index in [1.165, 1.54) is 28.1 Å². The third-order valence-electron chi connectivity index (χ3n) is 7.14. The molecule has 0 radical (unpaired) electrons. The van der Waals surface area contributed by atoms with Gasteiger partial charge in [-0.25, -0.2) is 17.2 Å². The molecule has 4 nitrogen and oxygen atoms in total. The number of aromatic nitrogens is 1. The first-order valence-electron chi connectivity index (χ1n) is 11.8. The number of sulfonamides is 1. The molecule has 7 heteroatoms. The molecule has 4 aromatic rings. The summed E-state index contributed by atoms with van der Waals surface area (Å²) in [7, 11) is -3.76. The van der Waals surface area contributed by atoms with Gasteiger partial charge in [0.15, 0.2) is 0 Å². The van der Waals surface area contributed by atoms with Gasteiger partial charge in [0.05, 0.1) is 4.90 Å². The minimum Gasteiger partial charge on any atom is -0.340 e. The van der Waals surface area contributed by atoms with Crippen molar-refractivity contribution in [3.63, 3.8) is 0 Å². The summed E-state index contributed by atoms with van der Waals surface area (Å²) in [6.07, 6.45) is 1.37. The van der Waals surface area contributed by atoms with Gasteiger partial charge in [-0.05, 0) is 79.6 Å². The van der Waals surface area contributed by atoms with Gasteiger partial charge in [0.25, 0.3) is 0 Å². The van der Waals surface area contributed by atoms with Gasteiger partial charge in [0.2, 0.25) is 10.0 Å². The highest BCUT2D eigenvalue weighted by molar-refractivity contribution is 7.89. The lowest BCUT2D eigenvalue weighted by atomic mass is 9.88. The molecule has 5 rings (SSSR count). The van der Waals surface area contributed by atoms with Gasteiger partial charge in [-0.15, -0.1) is 0 Å². The number of rotatable bonds is 5. The zero-order chi connectivity index (χ0) is 24.7. The van der Waals surface area contributed by atoms with Crippen LogP contribution in [0.3, 0.4) is 0 Å². The molecule has 1 fully saturated rings. The fourth-order valence-electron chi connectivity index (χ4n) is 5.37. The predicted octanol–water partition coefficient (Wildman–Crippen LogP) is 6.15. The molecule has 1 aliphatic rings. The highest BCUT2D eigenvalue weighted by Crippen LogP contribution is 2.39. The van der Waals surface area contributed by atoms with Crippen LogP contribution in [0.5, 0.6) is 0 Å². The molecule has 0 bridgehead atoms. The molecule has 1 saturated heterocycles. The highest BCUT2D eigenvalue weighted by atomic mass is 32.2. The van der Waals surface area contributed by atoms with E-state index in [9.17, 15) is 17.2 Å². The Labute approximate surface area is 204 Å². The number of piperidine rings is 1. The SMILES string of the molecule is Cc1ccc(F)cc1S(=O)(=O)N1CCC(c2c(C)n(Cc3cccc(F)c3)c3ccccc23)CC1. The number of hydrogen-bond acceptors (Lipinski definition) is 2. The summed E-state index contributed by atoms with van der Waals surface area (Å²) >= 11 is 0. The summed E-state index contributed by atoms with van der Waals surface area (Å²) in [6, 6.07) is 18.8. The normalized spacial score (nSPS) is 15.7. The fraction of sp³-hybridized carbons (Fsp3) is 0.286. The number of aryl methyl sites for hydroxylation is 1. The lowest BCUT2D eigenvalue weighted by Crippen LogP contribution is -2.38. The lowest BCUT2D eigenvalue weighted by Gasteiger charge is -2.32. The summed E-state index contributed by atoms with van der Waals surface area (Å²) in [5.74, 6) is -0.599. The Morgan fingerprint density at radius 2 is 1.60 bits per heavy atom. The molecule has 0 saturated carbocycles. The van der Waals surface area contributed by atoms with Gasteiger partial charge in [-0.3, -0.25) is 0 Å². The molecule has 3 aromatic carbocycles. The Hall–Kier alpha value is -3.03. The standard InChI is InChI=1S/C28H28F2N2O2S/c1-19-10-11-24(30)17-27(19)35(33,34)31-14-12-22(13-15-31)28-20(2)32(26-9-4-3-8-25(26)28)18-21-6-5-7-23(29)16-21/h3-11,16-17,22H,12-15,18H2,1-2H3. The van der Waals surface area contributed by atoms with Crippen LogP contribution in [-0.2, 0) is 16.6 Å². The van der Waals surface area contributed by atoms with Crippen LogP contribution in [0.4, 0.5) is 8.78 Å². The van der Waals surface area contributed by atoms with E-state index < -0.39 is 15.8 Å². The van der Waals surface area contributed by atoms with Crippen molar-refractivity contribution in [2.45, 2.75) is 44.0 Å². The first-order valence-corrected chi connectivity index (χ1v) is 13.3.